The lowest BCUT2D eigenvalue weighted by atomic mass is 10.1. The van der Waals surface area contributed by atoms with Gasteiger partial charge in [-0.2, -0.15) is 0 Å². The average Bonchev–Trinajstić information content (AvgIpc) is 3.07. The van der Waals surface area contributed by atoms with E-state index in [4.69, 9.17) is 4.74 Å². The van der Waals surface area contributed by atoms with E-state index in [0.29, 0.717) is 12.2 Å². The van der Waals surface area contributed by atoms with Crippen LogP contribution in [0.2, 0.25) is 0 Å². The molecule has 0 N–H and O–H groups in total. The summed E-state index contributed by atoms with van der Waals surface area (Å²) in [6.45, 7) is 5.58. The Bertz CT molecular complexity index is 559. The average molecular weight is 277 g/mol. The Morgan fingerprint density at radius 3 is 2.80 bits per heavy atom. The van der Waals surface area contributed by atoms with Gasteiger partial charge in [0, 0.05) is 25.5 Å². The summed E-state index contributed by atoms with van der Waals surface area (Å²) in [7, 11) is 1.35. The Labute approximate surface area is 117 Å². The van der Waals surface area contributed by atoms with Crippen LogP contribution in [0.5, 0.6) is 0 Å². The molecule has 0 saturated carbocycles. The molecule has 0 aromatic carbocycles. The first kappa shape index (κ1) is 14.2. The molecule has 0 fully saturated rings. The summed E-state index contributed by atoms with van der Waals surface area (Å²) < 4.78 is 8.53. The Kier molecular flexibility index (Phi) is 4.49. The van der Waals surface area contributed by atoms with Crippen molar-refractivity contribution in [2.75, 3.05) is 7.11 Å². The first-order valence-electron chi connectivity index (χ1n) is 6.61. The van der Waals surface area contributed by atoms with Gasteiger partial charge in [0.15, 0.2) is 5.69 Å². The normalized spacial score (nSPS) is 11.0. The van der Waals surface area contributed by atoms with Crippen LogP contribution in [-0.4, -0.2) is 37.6 Å². The first-order chi connectivity index (χ1) is 9.63. The number of hydrogen-bond donors (Lipinski definition) is 0. The van der Waals surface area contributed by atoms with E-state index in [1.165, 1.54) is 7.11 Å². The third-order valence-electron chi connectivity index (χ3n) is 3.04. The highest BCUT2D eigenvalue weighted by Crippen LogP contribution is 2.18. The molecule has 0 radical (unpaired) electrons. The highest BCUT2D eigenvalue weighted by atomic mass is 16.5. The van der Waals surface area contributed by atoms with Gasteiger partial charge in [0.25, 0.3) is 0 Å². The monoisotopic (exact) mass is 277 g/mol. The maximum Gasteiger partial charge on any atom is 0.360 e. The van der Waals surface area contributed by atoms with Crippen LogP contribution in [0.15, 0.2) is 18.7 Å². The van der Waals surface area contributed by atoms with Crippen molar-refractivity contribution in [2.24, 2.45) is 0 Å². The molecular weight excluding hydrogens is 258 g/mol. The quantitative estimate of drug-likeness (QED) is 0.747. The van der Waals surface area contributed by atoms with Gasteiger partial charge in [-0.15, -0.1) is 5.10 Å². The minimum Gasteiger partial charge on any atom is -0.464 e. The van der Waals surface area contributed by atoms with Crippen LogP contribution in [0.4, 0.5) is 0 Å². The number of aromatic nitrogens is 5. The lowest BCUT2D eigenvalue weighted by Crippen LogP contribution is -2.12. The van der Waals surface area contributed by atoms with Crippen LogP contribution in [0.1, 0.15) is 42.4 Å². The van der Waals surface area contributed by atoms with Gasteiger partial charge in [-0.1, -0.05) is 19.1 Å². The van der Waals surface area contributed by atoms with Crippen molar-refractivity contribution < 1.29 is 9.53 Å². The summed E-state index contributed by atoms with van der Waals surface area (Å²) >= 11 is 0. The van der Waals surface area contributed by atoms with Gasteiger partial charge in [0.1, 0.15) is 0 Å². The van der Waals surface area contributed by atoms with Crippen LogP contribution in [-0.2, 0) is 17.8 Å². The summed E-state index contributed by atoms with van der Waals surface area (Å²) in [6, 6.07) is 0. The molecule has 2 aromatic rings. The number of hydrogen-bond acceptors (Lipinski definition) is 5. The van der Waals surface area contributed by atoms with Crippen LogP contribution < -0.4 is 0 Å². The zero-order valence-electron chi connectivity index (χ0n) is 12.0. The van der Waals surface area contributed by atoms with Gasteiger partial charge in [0.05, 0.1) is 19.1 Å². The predicted octanol–water partition coefficient (Wildman–Crippen LogP) is 1.47. The minimum atomic E-state index is -0.436. The zero-order valence-corrected chi connectivity index (χ0v) is 12.0. The topological polar surface area (TPSA) is 74.8 Å². The number of imidazole rings is 1. The van der Waals surface area contributed by atoms with Gasteiger partial charge < -0.3 is 9.30 Å². The molecule has 0 atom stereocenters. The van der Waals surface area contributed by atoms with E-state index in [0.717, 1.165) is 18.7 Å². The minimum absolute atomic E-state index is 0.160. The fourth-order valence-corrected chi connectivity index (χ4v) is 2.12. The highest BCUT2D eigenvalue weighted by Gasteiger charge is 2.22. The largest absolute Gasteiger partial charge is 0.464 e. The summed E-state index contributed by atoms with van der Waals surface area (Å²) in [4.78, 5) is 15.7. The smallest absolute Gasteiger partial charge is 0.360 e. The fraction of sp³-hybridized carbons (Fsp3) is 0.538. The molecule has 0 bridgehead atoms. The van der Waals surface area contributed by atoms with Crippen molar-refractivity contribution in [3.63, 3.8) is 0 Å². The Balaban J connectivity index is 2.07. The Morgan fingerprint density at radius 2 is 2.20 bits per heavy atom. The fourth-order valence-electron chi connectivity index (χ4n) is 2.12. The van der Waals surface area contributed by atoms with Crippen molar-refractivity contribution in [1.29, 1.82) is 0 Å². The number of carbonyl (C=O) groups excluding carboxylic acids is 1. The summed E-state index contributed by atoms with van der Waals surface area (Å²) in [5.74, 6) is -0.276. The molecule has 108 valence electrons. The van der Waals surface area contributed by atoms with Crippen molar-refractivity contribution >= 4 is 5.97 Å². The number of carbonyl (C=O) groups is 1. The third-order valence-corrected chi connectivity index (χ3v) is 3.04. The zero-order chi connectivity index (χ0) is 14.5. The molecule has 0 aliphatic heterocycles. The summed E-state index contributed by atoms with van der Waals surface area (Å²) in [5, 5.41) is 8.01. The lowest BCUT2D eigenvalue weighted by Gasteiger charge is -2.10. The lowest BCUT2D eigenvalue weighted by molar-refractivity contribution is 0.0592. The molecule has 0 spiro atoms. The van der Waals surface area contributed by atoms with E-state index in [-0.39, 0.29) is 5.92 Å². The number of esters is 1. The maximum absolute atomic E-state index is 11.7. The van der Waals surface area contributed by atoms with Crippen LogP contribution >= 0.6 is 0 Å². The number of ether oxygens (including phenoxy) is 1. The predicted molar refractivity (Wildman–Crippen MR) is 72.3 cm³/mol. The molecule has 2 rings (SSSR count). The molecule has 0 aliphatic carbocycles. The number of aryl methyl sites for hydroxylation is 2. The number of nitrogens with zero attached hydrogens (tertiary/aromatic N) is 5. The molecular formula is C13H19N5O2. The van der Waals surface area contributed by atoms with Gasteiger partial charge >= 0.3 is 5.97 Å². The molecule has 2 aromatic heterocycles. The molecule has 0 amide bonds. The van der Waals surface area contributed by atoms with E-state index >= 15 is 0 Å². The Morgan fingerprint density at radius 1 is 1.40 bits per heavy atom. The SMILES string of the molecule is COC(=O)c1nnn(CCCn2ccnc2)c1C(C)C. The molecule has 2 heterocycles. The van der Waals surface area contributed by atoms with Gasteiger partial charge in [-0.25, -0.2) is 14.5 Å². The van der Waals surface area contributed by atoms with Gasteiger partial charge in [-0.05, 0) is 12.3 Å². The van der Waals surface area contributed by atoms with Crippen molar-refractivity contribution in [1.82, 2.24) is 24.5 Å². The molecule has 7 nitrogen and oxygen atoms in total. The maximum atomic E-state index is 11.7. The van der Waals surface area contributed by atoms with Crippen molar-refractivity contribution in [2.45, 2.75) is 39.3 Å². The Hall–Kier alpha value is -2.18. The second-order valence-corrected chi connectivity index (χ2v) is 4.85. The van der Waals surface area contributed by atoms with Crippen molar-refractivity contribution in [3.8, 4) is 0 Å². The van der Waals surface area contributed by atoms with E-state index in [1.54, 1.807) is 17.2 Å². The standard InChI is InChI=1S/C13H19N5O2/c1-10(2)12-11(13(19)20-3)15-16-18(12)7-4-6-17-8-5-14-9-17/h5,8-10H,4,6-7H2,1-3H3. The van der Waals surface area contributed by atoms with Crippen LogP contribution in [0.3, 0.4) is 0 Å². The summed E-state index contributed by atoms with van der Waals surface area (Å²) in [5.41, 5.74) is 1.13. The van der Waals surface area contributed by atoms with Crippen molar-refractivity contribution in [3.05, 3.63) is 30.1 Å². The van der Waals surface area contributed by atoms with Gasteiger partial charge in [0.2, 0.25) is 0 Å². The molecule has 0 unspecified atom stereocenters. The highest BCUT2D eigenvalue weighted by molar-refractivity contribution is 5.88. The number of rotatable bonds is 6. The molecule has 20 heavy (non-hydrogen) atoms. The van der Waals surface area contributed by atoms with Crippen LogP contribution in [0, 0.1) is 0 Å². The second-order valence-electron chi connectivity index (χ2n) is 4.85. The third kappa shape index (κ3) is 3.04. The number of methoxy groups -OCH3 is 1. The second kappa shape index (κ2) is 6.31. The summed E-state index contributed by atoms with van der Waals surface area (Å²) in [6.07, 6.45) is 6.35. The van der Waals surface area contributed by atoms with E-state index in [2.05, 4.69) is 15.3 Å². The van der Waals surface area contributed by atoms with E-state index in [1.807, 2.05) is 24.6 Å². The van der Waals surface area contributed by atoms with E-state index in [9.17, 15) is 4.79 Å². The first-order valence-corrected chi connectivity index (χ1v) is 6.61. The molecule has 0 saturated heterocycles. The van der Waals surface area contributed by atoms with Gasteiger partial charge in [-0.3, -0.25) is 0 Å². The molecule has 0 aliphatic rings. The molecule has 7 heteroatoms. The van der Waals surface area contributed by atoms with E-state index < -0.39 is 5.97 Å². The van der Waals surface area contributed by atoms with Crippen LogP contribution in [0.25, 0.3) is 0 Å².